The van der Waals surface area contributed by atoms with Gasteiger partial charge in [-0.05, 0) is 23.5 Å². The molecule has 102 valence electrons. The molecule has 0 radical (unpaired) electrons. The Morgan fingerprint density at radius 1 is 1.16 bits per heavy atom. The lowest BCUT2D eigenvalue weighted by Crippen LogP contribution is -2.16. The van der Waals surface area contributed by atoms with Crippen LogP contribution in [0.3, 0.4) is 0 Å². The van der Waals surface area contributed by atoms with Crippen molar-refractivity contribution < 1.29 is 0 Å². The Morgan fingerprint density at radius 2 is 1.89 bits per heavy atom. The number of hydrogen-bond donors (Lipinski definition) is 2. The van der Waals surface area contributed by atoms with Crippen LogP contribution in [0, 0.1) is 5.92 Å². The van der Waals surface area contributed by atoms with E-state index < -0.39 is 0 Å². The minimum Gasteiger partial charge on any atom is -0.348 e. The van der Waals surface area contributed by atoms with E-state index in [-0.39, 0.29) is 0 Å². The maximum absolute atomic E-state index is 4.01. The first kappa shape index (κ1) is 13.8. The van der Waals surface area contributed by atoms with Gasteiger partial charge in [0.05, 0.1) is 6.33 Å². The zero-order valence-electron chi connectivity index (χ0n) is 11.8. The van der Waals surface area contributed by atoms with Gasteiger partial charge < -0.3 is 10.3 Å². The Hall–Kier alpha value is -1.61. The molecule has 0 aliphatic rings. The van der Waals surface area contributed by atoms with E-state index in [4.69, 9.17) is 0 Å². The van der Waals surface area contributed by atoms with Crippen LogP contribution in [0.15, 0.2) is 36.8 Å². The molecule has 0 aliphatic carbocycles. The molecular weight excluding hydrogens is 234 g/mol. The van der Waals surface area contributed by atoms with Crippen LogP contribution in [0.5, 0.6) is 0 Å². The number of rotatable bonds is 7. The van der Waals surface area contributed by atoms with Gasteiger partial charge in [0.25, 0.3) is 0 Å². The summed E-state index contributed by atoms with van der Waals surface area (Å²) in [7, 11) is 0. The zero-order valence-corrected chi connectivity index (χ0v) is 11.8. The molecule has 1 aromatic heterocycles. The molecule has 0 fully saturated rings. The molecule has 3 heteroatoms. The van der Waals surface area contributed by atoms with Crippen LogP contribution in [0.2, 0.25) is 0 Å². The van der Waals surface area contributed by atoms with Crippen LogP contribution in [0.25, 0.3) is 0 Å². The highest BCUT2D eigenvalue weighted by Gasteiger charge is 1.98. The molecule has 0 saturated carbocycles. The molecule has 1 aromatic carbocycles. The van der Waals surface area contributed by atoms with Gasteiger partial charge in [-0.25, -0.2) is 4.98 Å². The molecule has 2 N–H and O–H groups in total. The number of aromatic amines is 1. The second-order valence-corrected chi connectivity index (χ2v) is 5.42. The molecule has 19 heavy (non-hydrogen) atoms. The third kappa shape index (κ3) is 4.87. The molecule has 0 bridgehead atoms. The van der Waals surface area contributed by atoms with Crippen molar-refractivity contribution in [2.45, 2.75) is 33.2 Å². The fourth-order valence-corrected chi connectivity index (χ4v) is 2.14. The maximum Gasteiger partial charge on any atom is 0.0921 e. The monoisotopic (exact) mass is 257 g/mol. The summed E-state index contributed by atoms with van der Waals surface area (Å²) in [5, 5.41) is 3.45. The van der Waals surface area contributed by atoms with Gasteiger partial charge in [0.1, 0.15) is 0 Å². The lowest BCUT2D eigenvalue weighted by Gasteiger charge is -2.07. The van der Waals surface area contributed by atoms with Crippen molar-refractivity contribution in [2.75, 3.05) is 6.54 Å². The van der Waals surface area contributed by atoms with E-state index in [0.29, 0.717) is 0 Å². The third-order valence-corrected chi connectivity index (χ3v) is 3.12. The topological polar surface area (TPSA) is 40.7 Å². The van der Waals surface area contributed by atoms with Gasteiger partial charge in [-0.15, -0.1) is 0 Å². The highest BCUT2D eigenvalue weighted by Crippen LogP contribution is 2.09. The Kier molecular flexibility index (Phi) is 5.16. The fourth-order valence-electron chi connectivity index (χ4n) is 2.14. The summed E-state index contributed by atoms with van der Waals surface area (Å²) in [6.07, 6.45) is 5.75. The summed E-state index contributed by atoms with van der Waals surface area (Å²) >= 11 is 0. The molecule has 0 aliphatic heterocycles. The van der Waals surface area contributed by atoms with Crippen LogP contribution in [-0.2, 0) is 19.4 Å². The van der Waals surface area contributed by atoms with Crippen LogP contribution in [-0.4, -0.2) is 16.5 Å². The van der Waals surface area contributed by atoms with E-state index >= 15 is 0 Å². The summed E-state index contributed by atoms with van der Waals surface area (Å²) in [6.45, 7) is 6.40. The van der Waals surface area contributed by atoms with Crippen molar-refractivity contribution in [3.8, 4) is 0 Å². The minimum atomic E-state index is 0.721. The first-order valence-electron chi connectivity index (χ1n) is 7.00. The molecule has 0 saturated heterocycles. The van der Waals surface area contributed by atoms with Crippen LogP contribution in [0.1, 0.15) is 30.7 Å². The molecular formula is C16H23N3. The summed E-state index contributed by atoms with van der Waals surface area (Å²) < 4.78 is 0. The van der Waals surface area contributed by atoms with E-state index in [1.165, 1.54) is 16.8 Å². The Bertz CT molecular complexity index is 457. The standard InChI is InChI=1S/C16H23N3/c1-13(2)9-14-3-5-15(6-4-14)10-17-8-7-16-11-18-12-19-16/h3-6,11-13,17H,7-10H2,1-2H3,(H,18,19). The van der Waals surface area contributed by atoms with E-state index in [9.17, 15) is 0 Å². The fraction of sp³-hybridized carbons (Fsp3) is 0.438. The van der Waals surface area contributed by atoms with Crippen LogP contribution < -0.4 is 5.32 Å². The molecule has 0 atom stereocenters. The first-order valence-corrected chi connectivity index (χ1v) is 7.00. The molecule has 2 aromatic rings. The highest BCUT2D eigenvalue weighted by atomic mass is 14.9. The summed E-state index contributed by atoms with van der Waals surface area (Å²) in [4.78, 5) is 7.12. The minimum absolute atomic E-state index is 0.721. The smallest absolute Gasteiger partial charge is 0.0921 e. The molecule has 0 spiro atoms. The van der Waals surface area contributed by atoms with Gasteiger partial charge >= 0.3 is 0 Å². The number of nitrogens with zero attached hydrogens (tertiary/aromatic N) is 1. The summed E-state index contributed by atoms with van der Waals surface area (Å²) in [6, 6.07) is 8.93. The third-order valence-electron chi connectivity index (χ3n) is 3.12. The molecule has 0 amide bonds. The second-order valence-electron chi connectivity index (χ2n) is 5.42. The normalized spacial score (nSPS) is 11.1. The number of H-pyrrole nitrogens is 1. The molecule has 1 heterocycles. The number of nitrogens with one attached hydrogen (secondary N) is 2. The lowest BCUT2D eigenvalue weighted by molar-refractivity contribution is 0.646. The van der Waals surface area contributed by atoms with Crippen molar-refractivity contribution in [1.29, 1.82) is 0 Å². The number of imidazole rings is 1. The number of hydrogen-bond acceptors (Lipinski definition) is 2. The molecule has 3 nitrogen and oxygen atoms in total. The van der Waals surface area contributed by atoms with Crippen molar-refractivity contribution in [3.63, 3.8) is 0 Å². The van der Waals surface area contributed by atoms with Gasteiger partial charge in [-0.3, -0.25) is 0 Å². The van der Waals surface area contributed by atoms with Gasteiger partial charge in [-0.1, -0.05) is 38.1 Å². The average molecular weight is 257 g/mol. The zero-order chi connectivity index (χ0) is 13.5. The summed E-state index contributed by atoms with van der Waals surface area (Å²) in [5.41, 5.74) is 3.95. The lowest BCUT2D eigenvalue weighted by atomic mass is 10.0. The van der Waals surface area contributed by atoms with E-state index in [1.54, 1.807) is 6.33 Å². The summed E-state index contributed by atoms with van der Waals surface area (Å²) in [5.74, 6) is 0.721. The van der Waals surface area contributed by atoms with Gasteiger partial charge in [0.15, 0.2) is 0 Å². The van der Waals surface area contributed by atoms with Gasteiger partial charge in [0, 0.05) is 31.4 Å². The maximum atomic E-state index is 4.01. The molecule has 0 unspecified atom stereocenters. The van der Waals surface area contributed by atoms with Crippen molar-refractivity contribution >= 4 is 0 Å². The highest BCUT2D eigenvalue weighted by molar-refractivity contribution is 5.22. The van der Waals surface area contributed by atoms with Crippen molar-refractivity contribution in [1.82, 2.24) is 15.3 Å². The van der Waals surface area contributed by atoms with E-state index in [2.05, 4.69) is 53.4 Å². The van der Waals surface area contributed by atoms with Crippen molar-refractivity contribution in [3.05, 3.63) is 53.6 Å². The Balaban J connectivity index is 1.71. The van der Waals surface area contributed by atoms with E-state index in [1.807, 2.05) is 6.20 Å². The predicted molar refractivity (Wildman–Crippen MR) is 79.0 cm³/mol. The van der Waals surface area contributed by atoms with E-state index in [0.717, 1.165) is 31.8 Å². The second kappa shape index (κ2) is 7.10. The number of aromatic nitrogens is 2. The average Bonchev–Trinajstić information content (AvgIpc) is 2.89. The number of benzene rings is 1. The first-order chi connectivity index (χ1) is 9.24. The van der Waals surface area contributed by atoms with Crippen LogP contribution >= 0.6 is 0 Å². The predicted octanol–water partition coefficient (Wildman–Crippen LogP) is 2.94. The SMILES string of the molecule is CC(C)Cc1ccc(CNCCc2cnc[nH]2)cc1. The largest absolute Gasteiger partial charge is 0.348 e. The van der Waals surface area contributed by atoms with Crippen LogP contribution in [0.4, 0.5) is 0 Å². The van der Waals surface area contributed by atoms with Gasteiger partial charge in [0.2, 0.25) is 0 Å². The Morgan fingerprint density at radius 3 is 2.53 bits per heavy atom. The van der Waals surface area contributed by atoms with Gasteiger partial charge in [-0.2, -0.15) is 0 Å². The Labute approximate surface area is 115 Å². The molecule has 2 rings (SSSR count). The van der Waals surface area contributed by atoms with Crippen molar-refractivity contribution in [2.24, 2.45) is 5.92 Å². The quantitative estimate of drug-likeness (QED) is 0.749.